The van der Waals surface area contributed by atoms with Crippen molar-refractivity contribution in [2.45, 2.75) is 51.1 Å². The molecule has 2 atom stereocenters. The van der Waals surface area contributed by atoms with Crippen LogP contribution >= 0.6 is 0 Å². The first-order valence-electron chi connectivity index (χ1n) is 12.1. The van der Waals surface area contributed by atoms with Crippen LogP contribution in [0.1, 0.15) is 61.0 Å². The van der Waals surface area contributed by atoms with E-state index in [2.05, 4.69) is 22.9 Å². The lowest BCUT2D eigenvalue weighted by molar-refractivity contribution is -0.136. The molecule has 3 saturated carbocycles. The number of carboxylic acids is 1. The standard InChI is InChI=1S/C28H28F2N2O2/c1-2-18-11-20-19-5-3-4-6-23(19)31-26(20)27(32(18)15-28-12-17(13-28)14-28)25-21(29)9-16(10-22(25)30)7-8-24(33)34/h3-10,17-18,27,31H,2,11-15H2,1H3,(H,33,34). The fraction of sp³-hybridized carbons (Fsp3) is 0.393. The van der Waals surface area contributed by atoms with Crippen LogP contribution < -0.4 is 0 Å². The number of nitrogens with one attached hydrogen (secondary N) is 1. The SMILES string of the molecule is CCC1Cc2c([nH]c3ccccc23)C(c2c(F)cc(C=CC(=O)O)cc2F)N1CC12CC(C1)C2. The zero-order valence-corrected chi connectivity index (χ0v) is 19.2. The molecular weight excluding hydrogens is 434 g/mol. The number of H-pyrrole nitrogens is 1. The van der Waals surface area contributed by atoms with E-state index in [0.717, 1.165) is 53.5 Å². The summed E-state index contributed by atoms with van der Waals surface area (Å²) in [5.41, 5.74) is 3.55. The van der Waals surface area contributed by atoms with Crippen LogP contribution in [-0.2, 0) is 11.2 Å². The number of aliphatic carboxylic acids is 1. The van der Waals surface area contributed by atoms with Gasteiger partial charge in [0, 0.05) is 40.8 Å². The molecule has 2 bridgehead atoms. The van der Waals surface area contributed by atoms with Gasteiger partial charge in [-0.05, 0) is 78.8 Å². The molecule has 4 nitrogen and oxygen atoms in total. The molecule has 2 unspecified atom stereocenters. The highest BCUT2D eigenvalue weighted by atomic mass is 19.1. The van der Waals surface area contributed by atoms with Gasteiger partial charge in [-0.1, -0.05) is 25.1 Å². The van der Waals surface area contributed by atoms with E-state index in [1.807, 2.05) is 18.2 Å². The maximum Gasteiger partial charge on any atom is 0.328 e. The van der Waals surface area contributed by atoms with Gasteiger partial charge >= 0.3 is 5.97 Å². The van der Waals surface area contributed by atoms with E-state index >= 15 is 8.78 Å². The summed E-state index contributed by atoms with van der Waals surface area (Å²) in [4.78, 5) is 16.7. The Hall–Kier alpha value is -2.99. The Balaban J connectivity index is 1.51. The van der Waals surface area contributed by atoms with Crippen molar-refractivity contribution < 1.29 is 18.7 Å². The Labute approximate surface area is 197 Å². The van der Waals surface area contributed by atoms with E-state index in [-0.39, 0.29) is 22.6 Å². The van der Waals surface area contributed by atoms with Crippen molar-refractivity contribution in [1.82, 2.24) is 9.88 Å². The lowest BCUT2D eigenvalue weighted by atomic mass is 9.44. The molecule has 3 fully saturated rings. The molecule has 2 heterocycles. The van der Waals surface area contributed by atoms with Crippen LogP contribution in [0.3, 0.4) is 0 Å². The summed E-state index contributed by atoms with van der Waals surface area (Å²) in [6.45, 7) is 3.00. The fourth-order valence-corrected chi connectivity index (χ4v) is 6.68. The number of benzene rings is 2. The highest BCUT2D eigenvalue weighted by Gasteiger charge is 2.58. The number of aromatic amines is 1. The van der Waals surface area contributed by atoms with Gasteiger partial charge < -0.3 is 10.1 Å². The van der Waals surface area contributed by atoms with Gasteiger partial charge in [-0.25, -0.2) is 13.6 Å². The molecule has 7 rings (SSSR count). The van der Waals surface area contributed by atoms with E-state index < -0.39 is 23.6 Å². The minimum absolute atomic E-state index is 0.0463. The first kappa shape index (κ1) is 21.5. The van der Waals surface area contributed by atoms with E-state index in [1.165, 1.54) is 37.5 Å². The lowest BCUT2D eigenvalue weighted by Crippen LogP contribution is -2.60. The number of halogens is 2. The second kappa shape index (κ2) is 7.77. The molecule has 3 aromatic rings. The number of nitrogens with zero attached hydrogens (tertiary/aromatic N) is 1. The Kier molecular flexibility index (Phi) is 4.92. The number of rotatable bonds is 6. The summed E-state index contributed by atoms with van der Waals surface area (Å²) >= 11 is 0. The summed E-state index contributed by atoms with van der Waals surface area (Å²) in [7, 11) is 0. The molecule has 0 amide bonds. The molecule has 176 valence electrons. The molecule has 1 aliphatic heterocycles. The number of carbonyl (C=O) groups is 1. The van der Waals surface area contributed by atoms with Gasteiger partial charge in [0.25, 0.3) is 0 Å². The Morgan fingerprint density at radius 3 is 2.53 bits per heavy atom. The second-order valence-electron chi connectivity index (χ2n) is 10.5. The molecular formula is C28H28F2N2O2. The highest BCUT2D eigenvalue weighted by Crippen LogP contribution is 2.65. The third kappa shape index (κ3) is 3.30. The number of fused-ring (bicyclic) bond motifs is 3. The zero-order valence-electron chi connectivity index (χ0n) is 19.2. The molecule has 1 aromatic heterocycles. The van der Waals surface area contributed by atoms with Gasteiger partial charge in [0.1, 0.15) is 11.6 Å². The molecule has 4 aliphatic rings. The van der Waals surface area contributed by atoms with Crippen LogP contribution in [0.2, 0.25) is 0 Å². The van der Waals surface area contributed by atoms with E-state index in [0.29, 0.717) is 0 Å². The predicted octanol–water partition coefficient (Wildman–Crippen LogP) is 6.07. The quantitative estimate of drug-likeness (QED) is 0.437. The minimum atomic E-state index is -1.16. The molecule has 0 radical (unpaired) electrons. The van der Waals surface area contributed by atoms with Crippen molar-refractivity contribution >= 4 is 22.9 Å². The van der Waals surface area contributed by atoms with Crippen molar-refractivity contribution in [3.8, 4) is 0 Å². The molecule has 0 saturated heterocycles. The zero-order chi connectivity index (χ0) is 23.6. The highest BCUT2D eigenvalue weighted by molar-refractivity contribution is 5.86. The van der Waals surface area contributed by atoms with Crippen LogP contribution in [0.15, 0.2) is 42.5 Å². The van der Waals surface area contributed by atoms with E-state index in [1.54, 1.807) is 0 Å². The molecule has 2 N–H and O–H groups in total. The average Bonchev–Trinajstić information content (AvgIpc) is 3.12. The predicted molar refractivity (Wildman–Crippen MR) is 127 cm³/mol. The number of hydrogen-bond donors (Lipinski definition) is 2. The van der Waals surface area contributed by atoms with Gasteiger partial charge in [-0.3, -0.25) is 4.90 Å². The molecule has 34 heavy (non-hydrogen) atoms. The fourth-order valence-electron chi connectivity index (χ4n) is 6.68. The second-order valence-corrected chi connectivity index (χ2v) is 10.5. The molecule has 6 heteroatoms. The van der Waals surface area contributed by atoms with Crippen molar-refractivity contribution in [1.29, 1.82) is 0 Å². The average molecular weight is 463 g/mol. The van der Waals surface area contributed by atoms with Crippen LogP contribution in [0.4, 0.5) is 8.78 Å². The van der Waals surface area contributed by atoms with Gasteiger partial charge in [-0.15, -0.1) is 0 Å². The number of aromatic nitrogens is 1. The monoisotopic (exact) mass is 462 g/mol. The van der Waals surface area contributed by atoms with Crippen molar-refractivity contribution in [2.24, 2.45) is 11.3 Å². The largest absolute Gasteiger partial charge is 0.478 e. The van der Waals surface area contributed by atoms with Crippen molar-refractivity contribution in [2.75, 3.05) is 6.54 Å². The lowest BCUT2D eigenvalue weighted by Gasteiger charge is -2.64. The normalized spacial score (nSPS) is 28.0. The molecule has 2 aromatic carbocycles. The summed E-state index contributed by atoms with van der Waals surface area (Å²) < 4.78 is 31.3. The summed E-state index contributed by atoms with van der Waals surface area (Å²) in [6, 6.07) is 10.2. The topological polar surface area (TPSA) is 56.3 Å². The van der Waals surface area contributed by atoms with Crippen LogP contribution in [-0.4, -0.2) is 33.5 Å². The van der Waals surface area contributed by atoms with Crippen molar-refractivity contribution in [3.63, 3.8) is 0 Å². The number of hydrogen-bond acceptors (Lipinski definition) is 2. The van der Waals surface area contributed by atoms with Gasteiger partial charge in [-0.2, -0.15) is 0 Å². The third-order valence-corrected chi connectivity index (χ3v) is 8.31. The first-order valence-corrected chi connectivity index (χ1v) is 12.1. The van der Waals surface area contributed by atoms with Gasteiger partial charge in [0.05, 0.1) is 6.04 Å². The van der Waals surface area contributed by atoms with Gasteiger partial charge in [0.15, 0.2) is 0 Å². The summed E-state index contributed by atoms with van der Waals surface area (Å²) in [6.07, 6.45) is 7.53. The van der Waals surface area contributed by atoms with Crippen molar-refractivity contribution in [3.05, 3.63) is 76.5 Å². The van der Waals surface area contributed by atoms with E-state index in [4.69, 9.17) is 5.11 Å². The maximum absolute atomic E-state index is 15.7. The van der Waals surface area contributed by atoms with E-state index in [9.17, 15) is 4.79 Å². The summed E-state index contributed by atoms with van der Waals surface area (Å²) in [5, 5.41) is 10.0. The first-order chi connectivity index (χ1) is 16.4. The summed E-state index contributed by atoms with van der Waals surface area (Å²) in [5.74, 6) is -1.60. The van der Waals surface area contributed by atoms with Gasteiger partial charge in [0.2, 0.25) is 0 Å². The Bertz CT molecular complexity index is 1290. The molecule has 0 spiro atoms. The number of para-hydroxylation sites is 1. The molecule has 3 aliphatic carbocycles. The third-order valence-electron chi connectivity index (χ3n) is 8.31. The van der Waals surface area contributed by atoms with Crippen LogP contribution in [0.25, 0.3) is 17.0 Å². The van der Waals surface area contributed by atoms with Crippen LogP contribution in [0, 0.1) is 23.0 Å². The Morgan fingerprint density at radius 1 is 1.21 bits per heavy atom. The Morgan fingerprint density at radius 2 is 1.91 bits per heavy atom. The minimum Gasteiger partial charge on any atom is -0.478 e. The smallest absolute Gasteiger partial charge is 0.328 e. The number of carboxylic acid groups (broad SMARTS) is 1. The maximum atomic E-state index is 15.7. The van der Waals surface area contributed by atoms with Crippen LogP contribution in [0.5, 0.6) is 0 Å².